The third-order valence-corrected chi connectivity index (χ3v) is 4.49. The Morgan fingerprint density at radius 3 is 2.92 bits per heavy atom. The molecule has 0 bridgehead atoms. The number of nitrogens with one attached hydrogen (secondary N) is 1. The molecule has 1 atom stereocenters. The van der Waals surface area contributed by atoms with Crippen molar-refractivity contribution in [3.05, 3.63) is 59.8 Å². The predicted octanol–water partition coefficient (Wildman–Crippen LogP) is 2.43. The summed E-state index contributed by atoms with van der Waals surface area (Å²) in [4.78, 5) is 12.4. The Kier molecular flexibility index (Phi) is 4.53. The molecule has 0 fully saturated rings. The summed E-state index contributed by atoms with van der Waals surface area (Å²) >= 11 is 0. The van der Waals surface area contributed by atoms with Crippen LogP contribution < -0.4 is 5.32 Å². The highest BCUT2D eigenvalue weighted by molar-refractivity contribution is 5.91. The first-order chi connectivity index (χ1) is 12.7. The summed E-state index contributed by atoms with van der Waals surface area (Å²) < 4.78 is 12.6. The summed E-state index contributed by atoms with van der Waals surface area (Å²) in [7, 11) is 1.59. The maximum Gasteiger partial charge on any atom is 0.287 e. The first kappa shape index (κ1) is 16.5. The van der Waals surface area contributed by atoms with Crippen LogP contribution in [-0.2, 0) is 24.3 Å². The lowest BCUT2D eigenvalue weighted by molar-refractivity contribution is 0.0891. The van der Waals surface area contributed by atoms with Gasteiger partial charge in [-0.15, -0.1) is 10.2 Å². The van der Waals surface area contributed by atoms with Crippen molar-refractivity contribution < 1.29 is 13.9 Å². The predicted molar refractivity (Wildman–Crippen MR) is 94.5 cm³/mol. The monoisotopic (exact) mass is 352 g/mol. The van der Waals surface area contributed by atoms with Gasteiger partial charge < -0.3 is 19.0 Å². The molecule has 4 rings (SSSR count). The second-order valence-electron chi connectivity index (χ2n) is 6.32. The second kappa shape index (κ2) is 7.13. The Bertz CT molecular complexity index is 901. The number of rotatable bonds is 5. The molecule has 0 spiro atoms. The van der Waals surface area contributed by atoms with Gasteiger partial charge in [0.15, 0.2) is 11.6 Å². The normalized spacial score (nSPS) is 16.3. The van der Waals surface area contributed by atoms with Crippen molar-refractivity contribution in [2.75, 3.05) is 7.11 Å². The quantitative estimate of drug-likeness (QED) is 0.763. The van der Waals surface area contributed by atoms with Crippen molar-refractivity contribution in [1.82, 2.24) is 20.1 Å². The second-order valence-corrected chi connectivity index (χ2v) is 6.32. The Balaban J connectivity index is 1.48. The van der Waals surface area contributed by atoms with E-state index in [-0.39, 0.29) is 11.9 Å². The lowest BCUT2D eigenvalue weighted by Gasteiger charge is -2.25. The topological polar surface area (TPSA) is 82.2 Å². The number of ether oxygens (including phenoxy) is 1. The molecule has 134 valence electrons. The molecule has 0 radical (unpaired) electrons. The van der Waals surface area contributed by atoms with Crippen LogP contribution in [0.25, 0.3) is 11.4 Å². The van der Waals surface area contributed by atoms with Gasteiger partial charge in [-0.3, -0.25) is 4.79 Å². The molecular formula is C19H20N4O3. The van der Waals surface area contributed by atoms with E-state index in [1.54, 1.807) is 19.2 Å². The summed E-state index contributed by atoms with van der Waals surface area (Å²) in [6.07, 6.45) is 1.60. The van der Waals surface area contributed by atoms with Crippen LogP contribution in [0.5, 0.6) is 0 Å². The highest BCUT2D eigenvalue weighted by Crippen LogP contribution is 2.23. The number of aryl methyl sites for hydroxylation is 1. The van der Waals surface area contributed by atoms with Gasteiger partial charge in [-0.05, 0) is 18.6 Å². The first-order valence-electron chi connectivity index (χ1n) is 8.60. The molecular weight excluding hydrogens is 332 g/mol. The van der Waals surface area contributed by atoms with Crippen LogP contribution in [0.3, 0.4) is 0 Å². The number of nitrogens with zero attached hydrogens (tertiary/aromatic N) is 3. The highest BCUT2D eigenvalue weighted by Gasteiger charge is 2.25. The van der Waals surface area contributed by atoms with Gasteiger partial charge in [-0.25, -0.2) is 0 Å². The molecule has 1 N–H and O–H groups in total. The molecule has 1 aromatic carbocycles. The summed E-state index contributed by atoms with van der Waals surface area (Å²) in [6.45, 7) is 0.991. The maximum atomic E-state index is 12.4. The zero-order chi connectivity index (χ0) is 17.9. The maximum absolute atomic E-state index is 12.4. The van der Waals surface area contributed by atoms with E-state index in [2.05, 4.69) is 20.1 Å². The van der Waals surface area contributed by atoms with Crippen LogP contribution in [0.4, 0.5) is 0 Å². The summed E-state index contributed by atoms with van der Waals surface area (Å²) in [5, 5.41) is 11.7. The van der Waals surface area contributed by atoms with E-state index in [4.69, 9.17) is 9.15 Å². The fourth-order valence-electron chi connectivity index (χ4n) is 3.22. The number of amides is 1. The van der Waals surface area contributed by atoms with Gasteiger partial charge in [0.2, 0.25) is 0 Å². The lowest BCUT2D eigenvalue weighted by atomic mass is 10.1. The van der Waals surface area contributed by atoms with Crippen molar-refractivity contribution in [3.8, 4) is 11.4 Å². The van der Waals surface area contributed by atoms with Crippen molar-refractivity contribution in [3.63, 3.8) is 0 Å². The minimum atomic E-state index is -0.213. The van der Waals surface area contributed by atoms with Crippen LogP contribution >= 0.6 is 0 Å². The standard InChI is InChI=1S/C19H20N4O3/c1-25-12-15-8-9-16(26-15)19(24)20-14-7-10-17-21-22-18(23(17)11-14)13-5-3-2-4-6-13/h2-6,8-9,14H,7,10-12H2,1H3,(H,20,24). The van der Waals surface area contributed by atoms with Crippen LogP contribution in [0.2, 0.25) is 0 Å². The molecule has 3 aromatic rings. The number of carbonyl (C=O) groups excluding carboxylic acids is 1. The highest BCUT2D eigenvalue weighted by atomic mass is 16.5. The Labute approximate surface area is 151 Å². The third kappa shape index (κ3) is 3.25. The number of methoxy groups -OCH3 is 1. The number of fused-ring (bicyclic) bond motifs is 1. The molecule has 1 aliphatic heterocycles. The number of furan rings is 1. The van der Waals surface area contributed by atoms with E-state index in [0.717, 1.165) is 30.1 Å². The molecule has 0 aliphatic carbocycles. The molecule has 3 heterocycles. The summed E-state index contributed by atoms with van der Waals surface area (Å²) in [6, 6.07) is 13.4. The first-order valence-corrected chi connectivity index (χ1v) is 8.60. The number of carbonyl (C=O) groups is 1. The van der Waals surface area contributed by atoms with E-state index < -0.39 is 0 Å². The van der Waals surface area contributed by atoms with E-state index >= 15 is 0 Å². The van der Waals surface area contributed by atoms with Gasteiger partial charge in [-0.1, -0.05) is 30.3 Å². The van der Waals surface area contributed by atoms with Crippen molar-refractivity contribution in [1.29, 1.82) is 0 Å². The molecule has 1 aliphatic rings. The van der Waals surface area contributed by atoms with Gasteiger partial charge in [0.25, 0.3) is 5.91 Å². The van der Waals surface area contributed by atoms with E-state index in [1.807, 2.05) is 30.3 Å². The number of hydrogen-bond acceptors (Lipinski definition) is 5. The Hall–Kier alpha value is -2.93. The van der Waals surface area contributed by atoms with Gasteiger partial charge >= 0.3 is 0 Å². The fraction of sp³-hybridized carbons (Fsp3) is 0.316. The average molecular weight is 352 g/mol. The minimum Gasteiger partial charge on any atom is -0.453 e. The molecule has 0 saturated carbocycles. The smallest absolute Gasteiger partial charge is 0.287 e. The lowest BCUT2D eigenvalue weighted by Crippen LogP contribution is -2.41. The third-order valence-electron chi connectivity index (χ3n) is 4.49. The SMILES string of the molecule is COCc1ccc(C(=O)NC2CCc3nnc(-c4ccccc4)n3C2)o1. The van der Waals surface area contributed by atoms with E-state index in [9.17, 15) is 4.79 Å². The van der Waals surface area contributed by atoms with Gasteiger partial charge in [0.05, 0.1) is 0 Å². The summed E-state index contributed by atoms with van der Waals surface area (Å²) in [5.74, 6) is 2.51. The van der Waals surface area contributed by atoms with Crippen LogP contribution in [0.15, 0.2) is 46.9 Å². The average Bonchev–Trinajstić information content (AvgIpc) is 3.29. The van der Waals surface area contributed by atoms with Crippen molar-refractivity contribution >= 4 is 5.91 Å². The zero-order valence-electron chi connectivity index (χ0n) is 14.5. The molecule has 7 heteroatoms. The largest absolute Gasteiger partial charge is 0.453 e. The van der Waals surface area contributed by atoms with Gasteiger partial charge in [-0.2, -0.15) is 0 Å². The van der Waals surface area contributed by atoms with Crippen molar-refractivity contribution in [2.24, 2.45) is 0 Å². The number of hydrogen-bond donors (Lipinski definition) is 1. The van der Waals surface area contributed by atoms with Gasteiger partial charge in [0, 0.05) is 31.7 Å². The van der Waals surface area contributed by atoms with Crippen LogP contribution in [-0.4, -0.2) is 33.8 Å². The molecule has 1 unspecified atom stereocenters. The molecule has 1 amide bonds. The minimum absolute atomic E-state index is 0.00411. The molecule has 0 saturated heterocycles. The number of benzene rings is 1. The number of aromatic nitrogens is 3. The molecule has 2 aromatic heterocycles. The van der Waals surface area contributed by atoms with Crippen LogP contribution in [0, 0.1) is 0 Å². The molecule has 7 nitrogen and oxygen atoms in total. The van der Waals surface area contributed by atoms with Crippen molar-refractivity contribution in [2.45, 2.75) is 32.0 Å². The van der Waals surface area contributed by atoms with Gasteiger partial charge in [0.1, 0.15) is 18.2 Å². The Morgan fingerprint density at radius 1 is 1.27 bits per heavy atom. The molecule has 26 heavy (non-hydrogen) atoms. The zero-order valence-corrected chi connectivity index (χ0v) is 14.5. The van der Waals surface area contributed by atoms with Crippen LogP contribution in [0.1, 0.15) is 28.6 Å². The van der Waals surface area contributed by atoms with E-state index in [0.29, 0.717) is 24.7 Å². The summed E-state index contributed by atoms with van der Waals surface area (Å²) in [5.41, 5.74) is 1.02. The van der Waals surface area contributed by atoms with E-state index in [1.165, 1.54) is 0 Å². The Morgan fingerprint density at radius 2 is 2.12 bits per heavy atom. The fourth-order valence-corrected chi connectivity index (χ4v) is 3.22.